The van der Waals surface area contributed by atoms with Crippen LogP contribution in [0.5, 0.6) is 0 Å². The standard InChI is InChI=1S/C13H20N2O2/c1-10(16)8-13(2,3)9-15-12(17)11-6-4-5-7-14-11/h4-7,10,16H,8-9H2,1-3H3,(H,15,17). The molecular weight excluding hydrogens is 216 g/mol. The lowest BCUT2D eigenvalue weighted by Gasteiger charge is -2.26. The molecule has 94 valence electrons. The third kappa shape index (κ3) is 4.95. The van der Waals surface area contributed by atoms with Crippen LogP contribution >= 0.6 is 0 Å². The van der Waals surface area contributed by atoms with Gasteiger partial charge in [-0.3, -0.25) is 9.78 Å². The topological polar surface area (TPSA) is 62.2 Å². The molecule has 0 spiro atoms. The molecular formula is C13H20N2O2. The first-order valence-corrected chi connectivity index (χ1v) is 5.78. The highest BCUT2D eigenvalue weighted by atomic mass is 16.3. The summed E-state index contributed by atoms with van der Waals surface area (Å²) in [4.78, 5) is 15.7. The summed E-state index contributed by atoms with van der Waals surface area (Å²) in [6.45, 7) is 6.30. The van der Waals surface area contributed by atoms with Gasteiger partial charge in [0.15, 0.2) is 0 Å². The monoisotopic (exact) mass is 236 g/mol. The van der Waals surface area contributed by atoms with Gasteiger partial charge in [-0.05, 0) is 30.9 Å². The zero-order chi connectivity index (χ0) is 12.9. The maximum atomic E-state index is 11.7. The van der Waals surface area contributed by atoms with Crippen LogP contribution < -0.4 is 5.32 Å². The number of amides is 1. The Kier molecular flexibility index (Phi) is 4.63. The highest BCUT2D eigenvalue weighted by Crippen LogP contribution is 2.21. The molecule has 4 heteroatoms. The third-order valence-electron chi connectivity index (χ3n) is 2.47. The van der Waals surface area contributed by atoms with Gasteiger partial charge in [-0.2, -0.15) is 0 Å². The fourth-order valence-corrected chi connectivity index (χ4v) is 1.78. The van der Waals surface area contributed by atoms with Crippen molar-refractivity contribution >= 4 is 5.91 Å². The first-order chi connectivity index (χ1) is 7.91. The van der Waals surface area contributed by atoms with E-state index in [2.05, 4.69) is 10.3 Å². The Labute approximate surface area is 102 Å². The van der Waals surface area contributed by atoms with E-state index in [4.69, 9.17) is 0 Å². The number of pyridine rings is 1. The number of rotatable bonds is 5. The van der Waals surface area contributed by atoms with Gasteiger partial charge in [0.25, 0.3) is 5.91 Å². The average molecular weight is 236 g/mol. The second kappa shape index (κ2) is 5.77. The summed E-state index contributed by atoms with van der Waals surface area (Å²) in [5.74, 6) is -0.177. The molecule has 17 heavy (non-hydrogen) atoms. The van der Waals surface area contributed by atoms with E-state index in [1.807, 2.05) is 13.8 Å². The Bertz CT molecular complexity index is 361. The average Bonchev–Trinajstić information content (AvgIpc) is 2.25. The number of hydrogen-bond donors (Lipinski definition) is 2. The first kappa shape index (κ1) is 13.6. The molecule has 0 aliphatic rings. The Balaban J connectivity index is 2.48. The van der Waals surface area contributed by atoms with E-state index in [1.54, 1.807) is 31.3 Å². The Hall–Kier alpha value is -1.42. The van der Waals surface area contributed by atoms with Gasteiger partial charge in [0.2, 0.25) is 0 Å². The summed E-state index contributed by atoms with van der Waals surface area (Å²) >= 11 is 0. The van der Waals surface area contributed by atoms with E-state index in [9.17, 15) is 9.90 Å². The number of nitrogens with one attached hydrogen (secondary N) is 1. The number of nitrogens with zero attached hydrogens (tertiary/aromatic N) is 1. The molecule has 1 aromatic heterocycles. The number of carbonyl (C=O) groups is 1. The van der Waals surface area contributed by atoms with Crippen molar-refractivity contribution in [2.24, 2.45) is 5.41 Å². The number of carbonyl (C=O) groups excluding carboxylic acids is 1. The minimum absolute atomic E-state index is 0.126. The molecule has 2 N–H and O–H groups in total. The quantitative estimate of drug-likeness (QED) is 0.816. The minimum Gasteiger partial charge on any atom is -0.393 e. The molecule has 1 aromatic rings. The predicted molar refractivity (Wildman–Crippen MR) is 66.6 cm³/mol. The summed E-state index contributed by atoms with van der Waals surface area (Å²) in [6.07, 6.45) is 1.88. The van der Waals surface area contributed by atoms with E-state index in [1.165, 1.54) is 0 Å². The van der Waals surface area contributed by atoms with Gasteiger partial charge in [-0.15, -0.1) is 0 Å². The molecule has 1 rings (SSSR count). The van der Waals surface area contributed by atoms with Gasteiger partial charge in [-0.25, -0.2) is 0 Å². The molecule has 0 radical (unpaired) electrons. The molecule has 1 amide bonds. The molecule has 0 saturated heterocycles. The second-order valence-corrected chi connectivity index (χ2v) is 5.12. The zero-order valence-electron chi connectivity index (χ0n) is 10.6. The van der Waals surface area contributed by atoms with Crippen molar-refractivity contribution in [1.82, 2.24) is 10.3 Å². The van der Waals surface area contributed by atoms with Gasteiger partial charge < -0.3 is 10.4 Å². The largest absolute Gasteiger partial charge is 0.393 e. The normalized spacial score (nSPS) is 13.2. The Morgan fingerprint density at radius 3 is 2.76 bits per heavy atom. The molecule has 0 saturated carbocycles. The van der Waals surface area contributed by atoms with Crippen LogP contribution in [0.25, 0.3) is 0 Å². The van der Waals surface area contributed by atoms with Gasteiger partial charge >= 0.3 is 0 Å². The van der Waals surface area contributed by atoms with Crippen LogP contribution in [0.15, 0.2) is 24.4 Å². The number of hydrogen-bond acceptors (Lipinski definition) is 3. The lowest BCUT2D eigenvalue weighted by molar-refractivity contribution is 0.0897. The lowest BCUT2D eigenvalue weighted by Crippen LogP contribution is -2.36. The van der Waals surface area contributed by atoms with Crippen molar-refractivity contribution in [2.45, 2.75) is 33.3 Å². The van der Waals surface area contributed by atoms with Crippen LogP contribution in [-0.4, -0.2) is 28.6 Å². The highest BCUT2D eigenvalue weighted by molar-refractivity contribution is 5.92. The summed E-state index contributed by atoms with van der Waals surface area (Å²) in [5, 5.41) is 12.2. The smallest absolute Gasteiger partial charge is 0.269 e. The van der Waals surface area contributed by atoms with Gasteiger partial charge in [0, 0.05) is 12.7 Å². The van der Waals surface area contributed by atoms with E-state index < -0.39 is 0 Å². The SMILES string of the molecule is CC(O)CC(C)(C)CNC(=O)c1ccccn1. The Morgan fingerprint density at radius 1 is 1.53 bits per heavy atom. The predicted octanol–water partition coefficient (Wildman–Crippen LogP) is 1.61. The molecule has 4 nitrogen and oxygen atoms in total. The van der Waals surface area contributed by atoms with E-state index in [0.29, 0.717) is 18.7 Å². The summed E-state index contributed by atoms with van der Waals surface area (Å²) in [7, 11) is 0. The fraction of sp³-hybridized carbons (Fsp3) is 0.538. The molecule has 1 atom stereocenters. The van der Waals surface area contributed by atoms with Crippen molar-refractivity contribution in [3.63, 3.8) is 0 Å². The van der Waals surface area contributed by atoms with Crippen LogP contribution in [0.2, 0.25) is 0 Å². The molecule has 1 unspecified atom stereocenters. The van der Waals surface area contributed by atoms with Crippen molar-refractivity contribution in [3.8, 4) is 0 Å². The third-order valence-corrected chi connectivity index (χ3v) is 2.47. The second-order valence-electron chi connectivity index (χ2n) is 5.12. The van der Waals surface area contributed by atoms with E-state index >= 15 is 0 Å². The van der Waals surface area contributed by atoms with Crippen molar-refractivity contribution in [3.05, 3.63) is 30.1 Å². The maximum Gasteiger partial charge on any atom is 0.269 e. The Morgan fingerprint density at radius 2 is 2.24 bits per heavy atom. The van der Waals surface area contributed by atoms with Crippen molar-refractivity contribution in [2.75, 3.05) is 6.54 Å². The number of aliphatic hydroxyl groups is 1. The molecule has 0 aliphatic carbocycles. The molecule has 1 heterocycles. The van der Waals surface area contributed by atoms with Crippen LogP contribution in [0.4, 0.5) is 0 Å². The maximum absolute atomic E-state index is 11.7. The van der Waals surface area contributed by atoms with Crippen LogP contribution in [0.3, 0.4) is 0 Å². The molecule has 0 aromatic carbocycles. The fourth-order valence-electron chi connectivity index (χ4n) is 1.78. The van der Waals surface area contributed by atoms with Crippen LogP contribution in [0.1, 0.15) is 37.7 Å². The van der Waals surface area contributed by atoms with Crippen LogP contribution in [-0.2, 0) is 0 Å². The lowest BCUT2D eigenvalue weighted by atomic mass is 9.87. The number of aliphatic hydroxyl groups excluding tert-OH is 1. The minimum atomic E-state index is -0.364. The van der Waals surface area contributed by atoms with Gasteiger partial charge in [0.1, 0.15) is 5.69 Å². The summed E-state index contributed by atoms with van der Waals surface area (Å²) in [5.41, 5.74) is 0.291. The van der Waals surface area contributed by atoms with E-state index in [-0.39, 0.29) is 17.4 Å². The first-order valence-electron chi connectivity index (χ1n) is 5.78. The van der Waals surface area contributed by atoms with Crippen molar-refractivity contribution in [1.29, 1.82) is 0 Å². The van der Waals surface area contributed by atoms with Crippen molar-refractivity contribution < 1.29 is 9.90 Å². The summed E-state index contributed by atoms with van der Waals surface area (Å²) < 4.78 is 0. The number of aromatic nitrogens is 1. The van der Waals surface area contributed by atoms with Crippen LogP contribution in [0, 0.1) is 5.41 Å². The molecule has 0 aliphatic heterocycles. The zero-order valence-corrected chi connectivity index (χ0v) is 10.6. The van der Waals surface area contributed by atoms with E-state index in [0.717, 1.165) is 0 Å². The van der Waals surface area contributed by atoms with Gasteiger partial charge in [0.05, 0.1) is 6.10 Å². The highest BCUT2D eigenvalue weighted by Gasteiger charge is 2.21. The summed E-state index contributed by atoms with van der Waals surface area (Å²) in [6, 6.07) is 5.23. The molecule has 0 fully saturated rings. The molecule has 0 bridgehead atoms. The van der Waals surface area contributed by atoms with Gasteiger partial charge in [-0.1, -0.05) is 19.9 Å².